The van der Waals surface area contributed by atoms with Crippen molar-refractivity contribution in [3.63, 3.8) is 0 Å². The number of ether oxygens (including phenoxy) is 1. The lowest BCUT2D eigenvalue weighted by molar-refractivity contribution is 0.0697. The summed E-state index contributed by atoms with van der Waals surface area (Å²) in [5.74, 6) is -1.03. The van der Waals surface area contributed by atoms with Gasteiger partial charge in [0.05, 0.1) is 24.8 Å². The molecule has 0 aromatic carbocycles. The molecule has 1 rings (SSSR count). The Hall–Kier alpha value is -2.13. The van der Waals surface area contributed by atoms with Crippen LogP contribution in [0.3, 0.4) is 0 Å². The van der Waals surface area contributed by atoms with E-state index in [2.05, 4.69) is 11.1 Å². The summed E-state index contributed by atoms with van der Waals surface area (Å²) in [5.41, 5.74) is 1.45. The fourth-order valence-electron chi connectivity index (χ4n) is 1.71. The van der Waals surface area contributed by atoms with Crippen LogP contribution in [0.5, 0.6) is 0 Å². The first-order valence-corrected chi connectivity index (χ1v) is 5.91. The van der Waals surface area contributed by atoms with E-state index in [-0.39, 0.29) is 5.56 Å². The molecule has 0 fully saturated rings. The van der Waals surface area contributed by atoms with Gasteiger partial charge in [0, 0.05) is 32.1 Å². The van der Waals surface area contributed by atoms with Crippen LogP contribution in [-0.2, 0) is 4.74 Å². The maximum Gasteiger partial charge on any atom is 0.339 e. The Balaban J connectivity index is 3.08. The smallest absolute Gasteiger partial charge is 0.339 e. The van der Waals surface area contributed by atoms with Gasteiger partial charge in [0.1, 0.15) is 5.56 Å². The van der Waals surface area contributed by atoms with Crippen LogP contribution in [-0.4, -0.2) is 42.9 Å². The summed E-state index contributed by atoms with van der Waals surface area (Å²) in [6.45, 7) is 3.26. The third kappa shape index (κ3) is 4.23. The van der Waals surface area contributed by atoms with E-state index in [1.807, 2.05) is 4.90 Å². The van der Waals surface area contributed by atoms with Crippen molar-refractivity contribution in [2.75, 3.05) is 31.7 Å². The molecule has 0 aliphatic heterocycles. The van der Waals surface area contributed by atoms with E-state index in [0.29, 0.717) is 31.8 Å². The highest BCUT2D eigenvalue weighted by Crippen LogP contribution is 2.21. The Bertz CT molecular complexity index is 483. The van der Waals surface area contributed by atoms with Crippen LogP contribution in [0.2, 0.25) is 0 Å². The van der Waals surface area contributed by atoms with Gasteiger partial charge in [-0.2, -0.15) is 5.26 Å². The lowest BCUT2D eigenvalue weighted by atomic mass is 10.2. The maximum atomic E-state index is 11.2. The largest absolute Gasteiger partial charge is 0.478 e. The first-order valence-electron chi connectivity index (χ1n) is 5.91. The first kappa shape index (κ1) is 14.9. The van der Waals surface area contributed by atoms with Crippen LogP contribution in [0, 0.1) is 18.3 Å². The number of carboxylic acids is 1. The molecule has 1 heterocycles. The van der Waals surface area contributed by atoms with Gasteiger partial charge in [-0.25, -0.2) is 4.79 Å². The van der Waals surface area contributed by atoms with Crippen LogP contribution < -0.4 is 4.90 Å². The lowest BCUT2D eigenvalue weighted by Gasteiger charge is -2.25. The molecule has 1 aromatic rings. The number of carbonyl (C=O) groups is 1. The van der Waals surface area contributed by atoms with E-state index < -0.39 is 5.97 Å². The van der Waals surface area contributed by atoms with E-state index in [0.717, 1.165) is 5.69 Å². The molecule has 102 valence electrons. The molecule has 1 N–H and O–H groups in total. The normalized spacial score (nSPS) is 9.95. The second-order valence-electron chi connectivity index (χ2n) is 4.04. The van der Waals surface area contributed by atoms with E-state index in [4.69, 9.17) is 10.00 Å². The summed E-state index contributed by atoms with van der Waals surface area (Å²) in [6, 6.07) is 3.78. The maximum absolute atomic E-state index is 11.2. The topological polar surface area (TPSA) is 86.5 Å². The van der Waals surface area contributed by atoms with Crippen LogP contribution in [0.25, 0.3) is 0 Å². The Morgan fingerprint density at radius 2 is 2.32 bits per heavy atom. The van der Waals surface area contributed by atoms with Gasteiger partial charge in [-0.3, -0.25) is 4.98 Å². The standard InChI is InChI=1S/C13H17N3O3/c1-10-8-12(11(9-15-10)13(17)18)16(5-3-4-14)6-7-19-2/h8-9H,3,5-7H2,1-2H3,(H,17,18). The minimum absolute atomic E-state index is 0.139. The average Bonchev–Trinajstić information content (AvgIpc) is 2.38. The average molecular weight is 263 g/mol. The fraction of sp³-hybridized carbons (Fsp3) is 0.462. The quantitative estimate of drug-likeness (QED) is 0.801. The second kappa shape index (κ2) is 7.34. The van der Waals surface area contributed by atoms with Crippen molar-refractivity contribution >= 4 is 11.7 Å². The van der Waals surface area contributed by atoms with Crippen molar-refractivity contribution < 1.29 is 14.6 Å². The van der Waals surface area contributed by atoms with Gasteiger partial charge in [0.15, 0.2) is 0 Å². The molecular weight excluding hydrogens is 246 g/mol. The third-order valence-corrected chi connectivity index (χ3v) is 2.65. The summed E-state index contributed by atoms with van der Waals surface area (Å²) in [5, 5.41) is 17.9. The number of rotatable bonds is 7. The van der Waals surface area contributed by atoms with Crippen molar-refractivity contribution in [3.8, 4) is 6.07 Å². The predicted octanol–water partition coefficient (Wildman–Crippen LogP) is 1.45. The van der Waals surface area contributed by atoms with Gasteiger partial charge >= 0.3 is 5.97 Å². The summed E-state index contributed by atoms with van der Waals surface area (Å²) < 4.78 is 5.02. The van der Waals surface area contributed by atoms with Crippen LogP contribution >= 0.6 is 0 Å². The summed E-state index contributed by atoms with van der Waals surface area (Å²) in [6.07, 6.45) is 1.67. The summed E-state index contributed by atoms with van der Waals surface area (Å²) >= 11 is 0. The van der Waals surface area contributed by atoms with Crippen molar-refractivity contribution in [3.05, 3.63) is 23.5 Å². The number of hydrogen-bond donors (Lipinski definition) is 1. The molecule has 0 amide bonds. The number of aromatic carboxylic acids is 1. The number of hydrogen-bond acceptors (Lipinski definition) is 5. The molecule has 0 radical (unpaired) electrons. The van der Waals surface area contributed by atoms with E-state index >= 15 is 0 Å². The minimum Gasteiger partial charge on any atom is -0.478 e. The SMILES string of the molecule is COCCN(CCC#N)c1cc(C)ncc1C(=O)O. The molecule has 1 aromatic heterocycles. The highest BCUT2D eigenvalue weighted by molar-refractivity contribution is 5.94. The minimum atomic E-state index is -1.03. The van der Waals surface area contributed by atoms with E-state index in [1.165, 1.54) is 6.20 Å². The van der Waals surface area contributed by atoms with Crippen LogP contribution in [0.1, 0.15) is 22.5 Å². The zero-order valence-corrected chi connectivity index (χ0v) is 11.1. The Morgan fingerprint density at radius 3 is 2.89 bits per heavy atom. The zero-order valence-electron chi connectivity index (χ0n) is 11.1. The number of aryl methyl sites for hydroxylation is 1. The molecule has 0 aliphatic rings. The number of anilines is 1. The van der Waals surface area contributed by atoms with Gasteiger partial charge in [0.25, 0.3) is 0 Å². The molecule has 6 heteroatoms. The van der Waals surface area contributed by atoms with E-state index in [9.17, 15) is 9.90 Å². The van der Waals surface area contributed by atoms with Crippen molar-refractivity contribution in [1.29, 1.82) is 5.26 Å². The molecule has 0 aliphatic carbocycles. The van der Waals surface area contributed by atoms with Gasteiger partial charge in [-0.05, 0) is 13.0 Å². The Labute approximate surface area is 112 Å². The molecule has 0 unspecified atom stereocenters. The molecular formula is C13H17N3O3. The molecule has 0 atom stereocenters. The third-order valence-electron chi connectivity index (χ3n) is 2.65. The number of nitriles is 1. The number of methoxy groups -OCH3 is 1. The Morgan fingerprint density at radius 1 is 1.58 bits per heavy atom. The second-order valence-corrected chi connectivity index (χ2v) is 4.04. The number of carboxylic acid groups (broad SMARTS) is 1. The van der Waals surface area contributed by atoms with Crippen molar-refractivity contribution in [1.82, 2.24) is 4.98 Å². The van der Waals surface area contributed by atoms with Gasteiger partial charge in [-0.1, -0.05) is 0 Å². The number of nitrogens with zero attached hydrogens (tertiary/aromatic N) is 3. The Kier molecular flexibility index (Phi) is 5.76. The van der Waals surface area contributed by atoms with E-state index in [1.54, 1.807) is 20.1 Å². The molecule has 0 bridgehead atoms. The van der Waals surface area contributed by atoms with Crippen LogP contribution in [0.4, 0.5) is 5.69 Å². The summed E-state index contributed by atoms with van der Waals surface area (Å²) in [7, 11) is 1.58. The predicted molar refractivity (Wildman–Crippen MR) is 70.3 cm³/mol. The first-order chi connectivity index (χ1) is 9.10. The van der Waals surface area contributed by atoms with Crippen molar-refractivity contribution in [2.24, 2.45) is 0 Å². The highest BCUT2D eigenvalue weighted by Gasteiger charge is 2.16. The number of aromatic nitrogens is 1. The van der Waals surface area contributed by atoms with Crippen molar-refractivity contribution in [2.45, 2.75) is 13.3 Å². The summed E-state index contributed by atoms with van der Waals surface area (Å²) in [4.78, 5) is 17.1. The molecule has 19 heavy (non-hydrogen) atoms. The fourth-order valence-corrected chi connectivity index (χ4v) is 1.71. The van der Waals surface area contributed by atoms with Gasteiger partial charge in [0.2, 0.25) is 0 Å². The van der Waals surface area contributed by atoms with Crippen LogP contribution in [0.15, 0.2) is 12.3 Å². The monoisotopic (exact) mass is 263 g/mol. The molecule has 0 saturated heterocycles. The highest BCUT2D eigenvalue weighted by atomic mass is 16.5. The molecule has 0 saturated carbocycles. The number of pyridine rings is 1. The van der Waals surface area contributed by atoms with Gasteiger partial charge < -0.3 is 14.7 Å². The molecule has 0 spiro atoms. The lowest BCUT2D eigenvalue weighted by Crippen LogP contribution is -2.30. The zero-order chi connectivity index (χ0) is 14.3. The van der Waals surface area contributed by atoms with Gasteiger partial charge in [-0.15, -0.1) is 0 Å². The molecule has 6 nitrogen and oxygen atoms in total.